The van der Waals surface area contributed by atoms with Crippen LogP contribution in [0, 0.1) is 5.82 Å². The Morgan fingerprint density at radius 1 is 0.970 bits per heavy atom. The fourth-order valence-corrected chi connectivity index (χ4v) is 3.28. The van der Waals surface area contributed by atoms with E-state index in [1.165, 1.54) is 12.1 Å². The lowest BCUT2D eigenvalue weighted by Gasteiger charge is -2.09. The molecule has 3 heterocycles. The van der Waals surface area contributed by atoms with Crippen molar-refractivity contribution in [1.82, 2.24) is 24.8 Å². The summed E-state index contributed by atoms with van der Waals surface area (Å²) < 4.78 is 20.6. The maximum atomic E-state index is 13.7. The van der Waals surface area contributed by atoms with Crippen molar-refractivity contribution in [3.8, 4) is 28.4 Å². The Balaban J connectivity index is 1.35. The minimum Gasteiger partial charge on any atom is -0.481 e. The molecule has 0 unspecified atom stereocenters. The number of nitrogens with zero attached hydrogens (tertiary/aromatic N) is 5. The summed E-state index contributed by atoms with van der Waals surface area (Å²) in [5.74, 6) is -0.322. The zero-order valence-corrected chi connectivity index (χ0v) is 17.2. The number of ether oxygens (including phenoxy) is 1. The summed E-state index contributed by atoms with van der Waals surface area (Å²) in [4.78, 5) is 16.4. The number of hydrogen-bond acceptors (Lipinski definition) is 6. The Morgan fingerprint density at radius 3 is 2.70 bits per heavy atom. The molecule has 9 heteroatoms. The van der Waals surface area contributed by atoms with Gasteiger partial charge in [-0.05, 0) is 48.5 Å². The number of pyridine rings is 1. The lowest BCUT2D eigenvalue weighted by molar-refractivity contribution is -0.118. The molecule has 8 nitrogen and oxygen atoms in total. The molecule has 0 aliphatic rings. The number of hydrogen-bond donors (Lipinski definition) is 1. The normalized spacial score (nSPS) is 10.8. The highest BCUT2D eigenvalue weighted by molar-refractivity contribution is 5.92. The van der Waals surface area contributed by atoms with E-state index in [0.29, 0.717) is 22.9 Å². The Bertz CT molecular complexity index is 1440. The number of anilines is 1. The summed E-state index contributed by atoms with van der Waals surface area (Å²) in [6, 6.07) is 20.5. The van der Waals surface area contributed by atoms with Gasteiger partial charge in [0.1, 0.15) is 0 Å². The Kier molecular flexibility index (Phi) is 5.42. The van der Waals surface area contributed by atoms with Crippen LogP contribution in [0.25, 0.3) is 28.3 Å². The lowest BCUT2D eigenvalue weighted by atomic mass is 10.1. The molecule has 5 aromatic rings. The maximum Gasteiger partial charge on any atom is 0.262 e. The topological polar surface area (TPSA) is 94.3 Å². The van der Waals surface area contributed by atoms with Crippen LogP contribution in [-0.2, 0) is 4.79 Å². The molecule has 1 amide bonds. The number of para-hydroxylation sites is 1. The van der Waals surface area contributed by atoms with Gasteiger partial charge >= 0.3 is 0 Å². The number of nitrogens with one attached hydrogen (secondary N) is 1. The number of carbonyl (C=O) groups excluding carboxylic acids is 1. The number of carbonyl (C=O) groups is 1. The Labute approximate surface area is 187 Å². The molecule has 33 heavy (non-hydrogen) atoms. The molecule has 2 aromatic carbocycles. The van der Waals surface area contributed by atoms with Crippen LogP contribution in [0.5, 0.6) is 5.75 Å². The van der Waals surface area contributed by atoms with Gasteiger partial charge < -0.3 is 10.1 Å². The summed E-state index contributed by atoms with van der Waals surface area (Å²) in [6.45, 7) is -0.315. The van der Waals surface area contributed by atoms with Crippen molar-refractivity contribution < 1.29 is 13.9 Å². The first-order valence-electron chi connectivity index (χ1n) is 10.1. The van der Waals surface area contributed by atoms with E-state index in [-0.39, 0.29) is 12.4 Å². The second-order valence-electron chi connectivity index (χ2n) is 7.10. The second kappa shape index (κ2) is 8.83. The summed E-state index contributed by atoms with van der Waals surface area (Å²) in [5, 5.41) is 15.8. The molecule has 0 bridgehead atoms. The minimum atomic E-state index is -0.520. The van der Waals surface area contributed by atoms with Crippen molar-refractivity contribution in [2.75, 3.05) is 11.9 Å². The number of aromatic nitrogens is 5. The number of fused-ring (bicyclic) bond motifs is 1. The van der Waals surface area contributed by atoms with Crippen LogP contribution in [0.1, 0.15) is 0 Å². The highest BCUT2D eigenvalue weighted by Gasteiger charge is 2.12. The molecule has 0 aliphatic heterocycles. The average molecular weight is 440 g/mol. The molecule has 3 aromatic heterocycles. The zero-order chi connectivity index (χ0) is 22.6. The van der Waals surface area contributed by atoms with Gasteiger partial charge in [0.25, 0.3) is 5.91 Å². The molecule has 0 saturated heterocycles. The molecule has 0 atom stereocenters. The van der Waals surface area contributed by atoms with Crippen LogP contribution in [0.4, 0.5) is 10.1 Å². The van der Waals surface area contributed by atoms with E-state index in [0.717, 1.165) is 11.1 Å². The van der Waals surface area contributed by atoms with Crippen molar-refractivity contribution in [3.63, 3.8) is 0 Å². The molecule has 0 aliphatic carbocycles. The number of amides is 1. The molecule has 1 N–H and O–H groups in total. The third-order valence-corrected chi connectivity index (χ3v) is 4.82. The van der Waals surface area contributed by atoms with Gasteiger partial charge in [0.05, 0.1) is 5.69 Å². The number of benzene rings is 2. The average Bonchev–Trinajstić information content (AvgIpc) is 3.28. The van der Waals surface area contributed by atoms with Gasteiger partial charge in [-0.2, -0.15) is 9.61 Å². The summed E-state index contributed by atoms with van der Waals surface area (Å²) in [6.07, 6.45) is 3.39. The van der Waals surface area contributed by atoms with Crippen molar-refractivity contribution in [2.45, 2.75) is 0 Å². The zero-order valence-electron chi connectivity index (χ0n) is 17.2. The highest BCUT2D eigenvalue weighted by atomic mass is 19.1. The van der Waals surface area contributed by atoms with Crippen LogP contribution in [0.3, 0.4) is 0 Å². The first-order chi connectivity index (χ1) is 16.2. The van der Waals surface area contributed by atoms with E-state index in [2.05, 4.69) is 25.6 Å². The number of halogens is 1. The Hall–Kier alpha value is -4.66. The van der Waals surface area contributed by atoms with Gasteiger partial charge in [-0.3, -0.25) is 9.78 Å². The quantitative estimate of drug-likeness (QED) is 0.429. The SMILES string of the molecule is O=C(COc1ccccc1F)Nc1cccc(-c2ccc3nnc(-c4cccnc4)n3n2)c1. The first kappa shape index (κ1) is 20.3. The van der Waals surface area contributed by atoms with Gasteiger partial charge in [-0.15, -0.1) is 10.2 Å². The fourth-order valence-electron chi connectivity index (χ4n) is 3.28. The van der Waals surface area contributed by atoms with Crippen LogP contribution in [-0.4, -0.2) is 37.3 Å². The molecule has 0 spiro atoms. The van der Waals surface area contributed by atoms with Gasteiger partial charge in [0.2, 0.25) is 0 Å². The largest absolute Gasteiger partial charge is 0.481 e. The van der Waals surface area contributed by atoms with Gasteiger partial charge in [0, 0.05) is 29.2 Å². The van der Waals surface area contributed by atoms with E-state index in [1.54, 1.807) is 41.2 Å². The van der Waals surface area contributed by atoms with Crippen molar-refractivity contribution in [1.29, 1.82) is 0 Å². The summed E-state index contributed by atoms with van der Waals surface area (Å²) in [7, 11) is 0. The predicted molar refractivity (Wildman–Crippen MR) is 120 cm³/mol. The second-order valence-corrected chi connectivity index (χ2v) is 7.10. The molecule has 0 fully saturated rings. The van der Waals surface area contributed by atoms with E-state index in [1.807, 2.05) is 36.4 Å². The summed E-state index contributed by atoms with van der Waals surface area (Å²) >= 11 is 0. The van der Waals surface area contributed by atoms with Crippen LogP contribution >= 0.6 is 0 Å². The van der Waals surface area contributed by atoms with Crippen molar-refractivity contribution >= 4 is 17.2 Å². The summed E-state index contributed by atoms with van der Waals surface area (Å²) in [5.41, 5.74) is 3.42. The predicted octanol–water partition coefficient (Wildman–Crippen LogP) is 4.01. The maximum absolute atomic E-state index is 13.7. The van der Waals surface area contributed by atoms with Crippen LogP contribution in [0.15, 0.2) is 85.2 Å². The van der Waals surface area contributed by atoms with Gasteiger partial charge in [-0.25, -0.2) is 4.39 Å². The van der Waals surface area contributed by atoms with E-state index in [4.69, 9.17) is 4.74 Å². The van der Waals surface area contributed by atoms with Crippen molar-refractivity contribution in [2.24, 2.45) is 0 Å². The van der Waals surface area contributed by atoms with E-state index in [9.17, 15) is 9.18 Å². The first-order valence-corrected chi connectivity index (χ1v) is 10.1. The lowest BCUT2D eigenvalue weighted by Crippen LogP contribution is -2.20. The third kappa shape index (κ3) is 4.38. The minimum absolute atomic E-state index is 0.0252. The van der Waals surface area contributed by atoms with Gasteiger partial charge in [-0.1, -0.05) is 24.3 Å². The molecule has 162 valence electrons. The third-order valence-electron chi connectivity index (χ3n) is 4.82. The standard InChI is InChI=1S/C24H17FN6O2/c25-19-8-1-2-9-21(19)33-15-23(32)27-18-7-3-5-16(13-18)20-10-11-22-28-29-24(31(22)30-20)17-6-4-12-26-14-17/h1-14H,15H2,(H,27,32). The van der Waals surface area contributed by atoms with Crippen LogP contribution in [0.2, 0.25) is 0 Å². The molecule has 0 saturated carbocycles. The van der Waals surface area contributed by atoms with Crippen molar-refractivity contribution in [3.05, 3.63) is 91.0 Å². The highest BCUT2D eigenvalue weighted by Crippen LogP contribution is 2.23. The monoisotopic (exact) mass is 440 g/mol. The van der Waals surface area contributed by atoms with E-state index >= 15 is 0 Å². The fraction of sp³-hybridized carbons (Fsp3) is 0.0417. The molecular weight excluding hydrogens is 423 g/mol. The Morgan fingerprint density at radius 2 is 1.85 bits per heavy atom. The molecule has 5 rings (SSSR count). The molecule has 0 radical (unpaired) electrons. The molecular formula is C24H17FN6O2. The smallest absolute Gasteiger partial charge is 0.262 e. The van der Waals surface area contributed by atoms with Crippen LogP contribution < -0.4 is 10.1 Å². The van der Waals surface area contributed by atoms with Gasteiger partial charge in [0.15, 0.2) is 29.6 Å². The van der Waals surface area contributed by atoms with E-state index < -0.39 is 11.7 Å². The number of rotatable bonds is 6.